The fourth-order valence-corrected chi connectivity index (χ4v) is 4.84. The summed E-state index contributed by atoms with van der Waals surface area (Å²) in [5, 5.41) is 8.88. The van der Waals surface area contributed by atoms with Crippen molar-refractivity contribution in [1.29, 1.82) is 0 Å². The highest BCUT2D eigenvalue weighted by Crippen LogP contribution is 2.33. The van der Waals surface area contributed by atoms with Gasteiger partial charge < -0.3 is 9.64 Å². The number of hydrogen-bond donors (Lipinski definition) is 1. The number of alkyl halides is 2. The maximum atomic E-state index is 13.6. The molecule has 34 heavy (non-hydrogen) atoms. The van der Waals surface area contributed by atoms with Gasteiger partial charge in [0.25, 0.3) is 15.9 Å². The van der Waals surface area contributed by atoms with Gasteiger partial charge in [-0.1, -0.05) is 0 Å². The number of hydrogen-bond acceptors (Lipinski definition) is 8. The average Bonchev–Trinajstić information content (AvgIpc) is 3.53. The van der Waals surface area contributed by atoms with Crippen LogP contribution in [0.25, 0.3) is 16.7 Å². The van der Waals surface area contributed by atoms with Crippen molar-refractivity contribution in [2.75, 3.05) is 29.8 Å². The monoisotopic (exact) mass is 490 g/mol. The summed E-state index contributed by atoms with van der Waals surface area (Å²) in [4.78, 5) is 9.76. The van der Waals surface area contributed by atoms with Gasteiger partial charge in [0, 0.05) is 49.5 Å². The minimum absolute atomic E-state index is 0.0869. The summed E-state index contributed by atoms with van der Waals surface area (Å²) >= 11 is 0. The maximum absolute atomic E-state index is 13.6. The molecule has 0 spiro atoms. The molecule has 178 valence electrons. The van der Waals surface area contributed by atoms with Crippen molar-refractivity contribution in [2.24, 2.45) is 7.05 Å². The Morgan fingerprint density at radius 3 is 2.74 bits per heavy atom. The van der Waals surface area contributed by atoms with Crippen LogP contribution in [0.15, 0.2) is 48.0 Å². The largest absolute Gasteiger partial charge is 0.479 e. The molecule has 0 atom stereocenters. The third-order valence-electron chi connectivity index (χ3n) is 5.54. The van der Waals surface area contributed by atoms with Crippen LogP contribution in [0.2, 0.25) is 0 Å². The molecule has 0 unspecified atom stereocenters. The Bertz CT molecular complexity index is 1480. The summed E-state index contributed by atoms with van der Waals surface area (Å²) in [6, 6.07) is 3.21. The van der Waals surface area contributed by atoms with Gasteiger partial charge >= 0.3 is 0 Å². The fraction of sp³-hybridized carbons (Fsp3) is 0.300. The molecule has 0 aliphatic carbocycles. The lowest BCUT2D eigenvalue weighted by atomic mass is 10.3. The predicted octanol–water partition coefficient (Wildman–Crippen LogP) is 2.20. The van der Waals surface area contributed by atoms with Crippen LogP contribution in [0, 0.1) is 0 Å². The Balaban J connectivity index is 1.45. The number of aromatic nitrogens is 6. The molecular formula is C20H20F2N8O3S. The van der Waals surface area contributed by atoms with Crippen LogP contribution in [-0.2, 0) is 17.1 Å². The second kappa shape index (κ2) is 7.90. The number of rotatable bonds is 6. The Morgan fingerprint density at radius 2 is 2.00 bits per heavy atom. The first-order valence-corrected chi connectivity index (χ1v) is 11.7. The van der Waals surface area contributed by atoms with Gasteiger partial charge in [-0.15, -0.1) is 0 Å². The molecule has 4 aromatic heterocycles. The number of methoxy groups -OCH3 is 1. The molecule has 0 radical (unpaired) electrons. The summed E-state index contributed by atoms with van der Waals surface area (Å²) in [7, 11) is -1.03. The molecule has 1 aliphatic heterocycles. The van der Waals surface area contributed by atoms with Crippen molar-refractivity contribution in [3.63, 3.8) is 0 Å². The van der Waals surface area contributed by atoms with E-state index in [0.29, 0.717) is 22.4 Å². The number of anilines is 2. The minimum atomic E-state index is -4.09. The van der Waals surface area contributed by atoms with Crippen molar-refractivity contribution in [3.05, 3.63) is 43.1 Å². The highest BCUT2D eigenvalue weighted by molar-refractivity contribution is 7.92. The van der Waals surface area contributed by atoms with Gasteiger partial charge in [-0.2, -0.15) is 10.2 Å². The maximum Gasteiger partial charge on any atom is 0.266 e. The zero-order valence-corrected chi connectivity index (χ0v) is 19.0. The van der Waals surface area contributed by atoms with Crippen LogP contribution in [0.5, 0.6) is 5.88 Å². The van der Waals surface area contributed by atoms with E-state index in [4.69, 9.17) is 4.74 Å². The lowest BCUT2D eigenvalue weighted by Gasteiger charge is -2.18. The molecule has 1 saturated heterocycles. The number of ether oxygens (including phenoxy) is 1. The van der Waals surface area contributed by atoms with Gasteiger partial charge in [-0.05, 0) is 6.07 Å². The number of pyridine rings is 2. The lowest BCUT2D eigenvalue weighted by molar-refractivity contribution is 0.0257. The molecule has 4 aromatic rings. The number of nitrogens with zero attached hydrogens (tertiary/aromatic N) is 7. The minimum Gasteiger partial charge on any atom is -0.479 e. The number of halogens is 2. The molecule has 0 aromatic carbocycles. The normalized spacial score (nSPS) is 15.7. The molecule has 5 heterocycles. The van der Waals surface area contributed by atoms with Crippen molar-refractivity contribution in [2.45, 2.75) is 17.2 Å². The van der Waals surface area contributed by atoms with Crippen LogP contribution in [0.1, 0.15) is 6.42 Å². The molecule has 0 bridgehead atoms. The van der Waals surface area contributed by atoms with Gasteiger partial charge in [-0.3, -0.25) is 9.40 Å². The summed E-state index contributed by atoms with van der Waals surface area (Å²) in [6.07, 6.45) is 6.80. The first kappa shape index (κ1) is 22.0. The summed E-state index contributed by atoms with van der Waals surface area (Å²) in [5.74, 6) is -2.36. The first-order chi connectivity index (χ1) is 16.2. The molecule has 5 rings (SSSR count). The lowest BCUT2D eigenvalue weighted by Crippen LogP contribution is -2.25. The standard InChI is InChI=1S/C20H20F2N8O3S/c1-28-18-13(9-25-28)8-24-19(33-2)17(18)27-34(31,32)15-10-26-30(11-15)16-7-14(3-5-23-16)29-6-4-20(21,22)12-29/h3,5,7-11,27H,4,6,12H2,1-2H3. The van der Waals surface area contributed by atoms with E-state index in [2.05, 4.69) is 24.9 Å². The third kappa shape index (κ3) is 3.89. The quantitative estimate of drug-likeness (QED) is 0.437. The molecule has 0 saturated carbocycles. The Morgan fingerprint density at radius 1 is 1.18 bits per heavy atom. The zero-order chi connectivity index (χ0) is 24.1. The van der Waals surface area contributed by atoms with Crippen LogP contribution in [-0.4, -0.2) is 64.1 Å². The number of aryl methyl sites for hydroxylation is 1. The Kier molecular flexibility index (Phi) is 5.11. The molecule has 11 nitrogen and oxygen atoms in total. The van der Waals surface area contributed by atoms with E-state index in [1.807, 2.05) is 0 Å². The van der Waals surface area contributed by atoms with Gasteiger partial charge in [0.05, 0.1) is 37.8 Å². The van der Waals surface area contributed by atoms with Crippen LogP contribution >= 0.6 is 0 Å². The van der Waals surface area contributed by atoms with E-state index in [1.165, 1.54) is 41.3 Å². The number of fused-ring (bicyclic) bond motifs is 1. The van der Waals surface area contributed by atoms with Gasteiger partial charge in [0.15, 0.2) is 5.82 Å². The molecule has 0 amide bonds. The number of nitrogens with one attached hydrogen (secondary N) is 1. The highest BCUT2D eigenvalue weighted by atomic mass is 32.2. The third-order valence-corrected chi connectivity index (χ3v) is 6.84. The average molecular weight is 490 g/mol. The zero-order valence-electron chi connectivity index (χ0n) is 18.2. The number of sulfonamides is 1. The van der Waals surface area contributed by atoms with E-state index < -0.39 is 15.9 Å². The summed E-state index contributed by atoms with van der Waals surface area (Å²) < 4.78 is 64.0. The van der Waals surface area contributed by atoms with Crippen LogP contribution in [0.4, 0.5) is 20.2 Å². The van der Waals surface area contributed by atoms with Crippen molar-refractivity contribution >= 4 is 32.3 Å². The van der Waals surface area contributed by atoms with E-state index in [0.717, 1.165) is 0 Å². The van der Waals surface area contributed by atoms with E-state index in [-0.39, 0.29) is 36.0 Å². The highest BCUT2D eigenvalue weighted by Gasteiger charge is 2.38. The second-order valence-electron chi connectivity index (χ2n) is 7.84. The van der Waals surface area contributed by atoms with Gasteiger partial charge in [0.1, 0.15) is 10.6 Å². The van der Waals surface area contributed by atoms with Gasteiger partial charge in [0.2, 0.25) is 5.88 Å². The van der Waals surface area contributed by atoms with E-state index in [9.17, 15) is 17.2 Å². The van der Waals surface area contributed by atoms with Crippen LogP contribution in [0.3, 0.4) is 0 Å². The van der Waals surface area contributed by atoms with Crippen molar-refractivity contribution < 1.29 is 21.9 Å². The van der Waals surface area contributed by atoms with Crippen LogP contribution < -0.4 is 14.4 Å². The summed E-state index contributed by atoms with van der Waals surface area (Å²) in [5.41, 5.74) is 1.20. The van der Waals surface area contributed by atoms with Gasteiger partial charge in [-0.25, -0.2) is 31.8 Å². The van der Waals surface area contributed by atoms with Crippen molar-refractivity contribution in [3.8, 4) is 11.7 Å². The smallest absolute Gasteiger partial charge is 0.266 e. The molecule has 14 heteroatoms. The summed E-state index contributed by atoms with van der Waals surface area (Å²) in [6.45, 7) is -0.164. The predicted molar refractivity (Wildman–Crippen MR) is 119 cm³/mol. The van der Waals surface area contributed by atoms with E-state index in [1.54, 1.807) is 30.3 Å². The molecular weight excluding hydrogens is 470 g/mol. The van der Waals surface area contributed by atoms with Crippen molar-refractivity contribution in [1.82, 2.24) is 29.5 Å². The fourth-order valence-electron chi connectivity index (χ4n) is 3.85. The molecule has 1 fully saturated rings. The Labute approximate surface area is 193 Å². The Hall–Kier alpha value is -3.81. The topological polar surface area (TPSA) is 120 Å². The molecule has 1 N–H and O–H groups in total. The second-order valence-corrected chi connectivity index (χ2v) is 9.52. The molecule has 1 aliphatic rings. The van der Waals surface area contributed by atoms with E-state index >= 15 is 0 Å². The first-order valence-electron chi connectivity index (χ1n) is 10.2. The SMILES string of the molecule is COc1ncc2cnn(C)c2c1NS(=O)(=O)c1cnn(-c2cc(N3CCC(F)(F)C3)ccn2)c1.